The van der Waals surface area contributed by atoms with Crippen LogP contribution in [-0.4, -0.2) is 51.3 Å². The highest BCUT2D eigenvalue weighted by Gasteiger charge is 2.13. The SMILES string of the molecule is CNCc1cccc(F)c1OCC(O)COC(C)COC. The van der Waals surface area contributed by atoms with Crippen LogP contribution in [0, 0.1) is 5.82 Å². The molecule has 1 rings (SSSR count). The molecule has 0 fully saturated rings. The van der Waals surface area contributed by atoms with E-state index in [1.54, 1.807) is 26.3 Å². The Hall–Kier alpha value is -1.21. The maximum absolute atomic E-state index is 13.8. The van der Waals surface area contributed by atoms with Crippen LogP contribution in [0.4, 0.5) is 4.39 Å². The van der Waals surface area contributed by atoms with Gasteiger partial charge in [0.1, 0.15) is 12.7 Å². The lowest BCUT2D eigenvalue weighted by Gasteiger charge is -2.18. The van der Waals surface area contributed by atoms with E-state index in [9.17, 15) is 9.50 Å². The summed E-state index contributed by atoms with van der Waals surface area (Å²) in [4.78, 5) is 0. The first-order chi connectivity index (χ1) is 10.1. The molecule has 0 saturated heterocycles. The Labute approximate surface area is 125 Å². The second kappa shape index (κ2) is 9.68. The minimum atomic E-state index is -0.827. The Morgan fingerprint density at radius 2 is 2.05 bits per heavy atom. The summed E-state index contributed by atoms with van der Waals surface area (Å²) in [5, 5.41) is 12.8. The monoisotopic (exact) mass is 301 g/mol. The van der Waals surface area contributed by atoms with Crippen molar-refractivity contribution in [2.75, 3.05) is 34.0 Å². The molecule has 120 valence electrons. The molecular formula is C15H24FNO4. The number of para-hydroxylation sites is 1. The van der Waals surface area contributed by atoms with Gasteiger partial charge in [-0.2, -0.15) is 0 Å². The van der Waals surface area contributed by atoms with Crippen LogP contribution in [-0.2, 0) is 16.0 Å². The van der Waals surface area contributed by atoms with Crippen LogP contribution in [0.5, 0.6) is 5.75 Å². The lowest BCUT2D eigenvalue weighted by atomic mass is 10.2. The van der Waals surface area contributed by atoms with E-state index in [1.807, 2.05) is 6.92 Å². The van der Waals surface area contributed by atoms with Gasteiger partial charge in [-0.05, 0) is 20.0 Å². The van der Waals surface area contributed by atoms with E-state index in [2.05, 4.69) is 5.32 Å². The molecule has 0 heterocycles. The highest BCUT2D eigenvalue weighted by atomic mass is 19.1. The van der Waals surface area contributed by atoms with E-state index < -0.39 is 11.9 Å². The number of hydrogen-bond donors (Lipinski definition) is 2. The maximum Gasteiger partial charge on any atom is 0.165 e. The molecule has 1 aromatic carbocycles. The third-order valence-corrected chi connectivity index (χ3v) is 2.81. The number of hydrogen-bond acceptors (Lipinski definition) is 5. The standard InChI is InChI=1S/C15H24FNO4/c1-11(8-19-3)20-9-13(18)10-21-15-12(7-17-2)5-4-6-14(15)16/h4-6,11,13,17-18H,7-10H2,1-3H3. The van der Waals surface area contributed by atoms with Crippen LogP contribution in [0.2, 0.25) is 0 Å². The molecule has 2 unspecified atom stereocenters. The fourth-order valence-corrected chi connectivity index (χ4v) is 1.83. The predicted octanol–water partition coefficient (Wildman–Crippen LogP) is 1.34. The lowest BCUT2D eigenvalue weighted by Crippen LogP contribution is -2.28. The molecule has 2 N–H and O–H groups in total. The number of nitrogens with one attached hydrogen (secondary N) is 1. The van der Waals surface area contributed by atoms with Crippen molar-refractivity contribution in [1.82, 2.24) is 5.32 Å². The lowest BCUT2D eigenvalue weighted by molar-refractivity contribution is -0.0426. The predicted molar refractivity (Wildman–Crippen MR) is 78.0 cm³/mol. The average Bonchev–Trinajstić information content (AvgIpc) is 2.45. The zero-order valence-electron chi connectivity index (χ0n) is 12.8. The van der Waals surface area contributed by atoms with Gasteiger partial charge in [0.15, 0.2) is 11.6 Å². The summed E-state index contributed by atoms with van der Waals surface area (Å²) in [6, 6.07) is 4.73. The van der Waals surface area contributed by atoms with E-state index in [1.165, 1.54) is 6.07 Å². The van der Waals surface area contributed by atoms with Gasteiger partial charge in [-0.3, -0.25) is 0 Å². The van der Waals surface area contributed by atoms with Crippen LogP contribution < -0.4 is 10.1 Å². The third-order valence-electron chi connectivity index (χ3n) is 2.81. The van der Waals surface area contributed by atoms with E-state index in [0.717, 1.165) is 0 Å². The van der Waals surface area contributed by atoms with Gasteiger partial charge in [0, 0.05) is 19.2 Å². The molecule has 5 nitrogen and oxygen atoms in total. The second-order valence-corrected chi connectivity index (χ2v) is 4.82. The number of aliphatic hydroxyl groups is 1. The molecular weight excluding hydrogens is 277 g/mol. The molecule has 0 saturated carbocycles. The number of methoxy groups -OCH3 is 1. The summed E-state index contributed by atoms with van der Waals surface area (Å²) in [6.45, 7) is 2.87. The number of aliphatic hydroxyl groups excluding tert-OH is 1. The molecule has 0 spiro atoms. The van der Waals surface area contributed by atoms with Crippen LogP contribution in [0.1, 0.15) is 12.5 Å². The zero-order chi connectivity index (χ0) is 15.7. The summed E-state index contributed by atoms with van der Waals surface area (Å²) < 4.78 is 29.5. The summed E-state index contributed by atoms with van der Waals surface area (Å²) in [5.41, 5.74) is 0.707. The molecule has 6 heteroatoms. The van der Waals surface area contributed by atoms with Gasteiger partial charge in [-0.25, -0.2) is 4.39 Å². The quantitative estimate of drug-likeness (QED) is 0.683. The fraction of sp³-hybridized carbons (Fsp3) is 0.600. The van der Waals surface area contributed by atoms with E-state index in [-0.39, 0.29) is 25.1 Å². The van der Waals surface area contributed by atoms with Crippen LogP contribution >= 0.6 is 0 Å². The van der Waals surface area contributed by atoms with E-state index in [4.69, 9.17) is 14.2 Å². The molecule has 0 aliphatic heterocycles. The first-order valence-electron chi connectivity index (χ1n) is 6.91. The Kier molecular flexibility index (Phi) is 8.22. The Bertz CT molecular complexity index is 417. The van der Waals surface area contributed by atoms with Crippen LogP contribution in [0.25, 0.3) is 0 Å². The minimum Gasteiger partial charge on any atom is -0.487 e. The van der Waals surface area contributed by atoms with Crippen LogP contribution in [0.3, 0.4) is 0 Å². The molecule has 2 atom stereocenters. The summed E-state index contributed by atoms with van der Waals surface area (Å²) in [6.07, 6.45) is -0.940. The molecule has 0 bridgehead atoms. The van der Waals surface area contributed by atoms with Crippen molar-refractivity contribution < 1.29 is 23.7 Å². The molecule has 0 aliphatic carbocycles. The Balaban J connectivity index is 2.47. The molecule has 0 aliphatic rings. The summed E-state index contributed by atoms with van der Waals surface area (Å²) in [5.74, 6) is -0.278. The number of ether oxygens (including phenoxy) is 3. The van der Waals surface area contributed by atoms with Crippen molar-refractivity contribution in [3.8, 4) is 5.75 Å². The van der Waals surface area contributed by atoms with Gasteiger partial charge >= 0.3 is 0 Å². The van der Waals surface area contributed by atoms with Gasteiger partial charge in [0.25, 0.3) is 0 Å². The Morgan fingerprint density at radius 1 is 1.29 bits per heavy atom. The third kappa shape index (κ3) is 6.39. The number of rotatable bonds is 10. The van der Waals surface area contributed by atoms with Gasteiger partial charge in [-0.15, -0.1) is 0 Å². The van der Waals surface area contributed by atoms with Gasteiger partial charge in [0.05, 0.1) is 19.3 Å². The number of benzene rings is 1. The van der Waals surface area contributed by atoms with E-state index in [0.29, 0.717) is 18.7 Å². The van der Waals surface area contributed by atoms with Gasteiger partial charge in [-0.1, -0.05) is 12.1 Å². The van der Waals surface area contributed by atoms with Crippen molar-refractivity contribution in [1.29, 1.82) is 0 Å². The highest BCUT2D eigenvalue weighted by molar-refractivity contribution is 5.34. The highest BCUT2D eigenvalue weighted by Crippen LogP contribution is 2.22. The number of halogens is 1. The first kappa shape index (κ1) is 17.8. The summed E-state index contributed by atoms with van der Waals surface area (Å²) in [7, 11) is 3.36. The fourth-order valence-electron chi connectivity index (χ4n) is 1.83. The normalized spacial score (nSPS) is 14.0. The van der Waals surface area contributed by atoms with Crippen molar-refractivity contribution in [2.24, 2.45) is 0 Å². The first-order valence-corrected chi connectivity index (χ1v) is 6.91. The second-order valence-electron chi connectivity index (χ2n) is 4.82. The largest absolute Gasteiger partial charge is 0.487 e. The zero-order valence-corrected chi connectivity index (χ0v) is 12.8. The molecule has 0 aromatic heterocycles. The molecule has 0 radical (unpaired) electrons. The van der Waals surface area contributed by atoms with Gasteiger partial charge in [0.2, 0.25) is 0 Å². The van der Waals surface area contributed by atoms with Crippen molar-refractivity contribution in [3.63, 3.8) is 0 Å². The van der Waals surface area contributed by atoms with Crippen LogP contribution in [0.15, 0.2) is 18.2 Å². The molecule has 1 aromatic rings. The van der Waals surface area contributed by atoms with Gasteiger partial charge < -0.3 is 24.6 Å². The average molecular weight is 301 g/mol. The smallest absolute Gasteiger partial charge is 0.165 e. The molecule has 0 amide bonds. The van der Waals surface area contributed by atoms with Crippen molar-refractivity contribution >= 4 is 0 Å². The minimum absolute atomic E-state index is 0.0304. The van der Waals surface area contributed by atoms with Crippen molar-refractivity contribution in [3.05, 3.63) is 29.6 Å². The molecule has 21 heavy (non-hydrogen) atoms. The Morgan fingerprint density at radius 3 is 2.71 bits per heavy atom. The van der Waals surface area contributed by atoms with E-state index >= 15 is 0 Å². The topological polar surface area (TPSA) is 60.0 Å². The summed E-state index contributed by atoms with van der Waals surface area (Å²) >= 11 is 0. The maximum atomic E-state index is 13.8. The van der Waals surface area contributed by atoms with Crippen molar-refractivity contribution in [2.45, 2.75) is 25.7 Å².